The minimum Gasteiger partial charge on any atom is -0.355 e. The molecule has 1 atom stereocenters. The summed E-state index contributed by atoms with van der Waals surface area (Å²) in [5.41, 5.74) is 0.428. The Hall–Kier alpha value is -1.77. The number of allylic oxidation sites excluding steroid dienone is 1. The molecule has 0 saturated carbocycles. The Morgan fingerprint density at radius 3 is 2.58 bits per heavy atom. The van der Waals surface area contributed by atoms with E-state index in [-0.39, 0.29) is 18.6 Å². The minimum atomic E-state index is -4.86. The van der Waals surface area contributed by atoms with E-state index in [0.717, 1.165) is 6.08 Å². The summed E-state index contributed by atoms with van der Waals surface area (Å²) in [5.74, 6) is 2.02. The molecule has 1 aromatic rings. The van der Waals surface area contributed by atoms with Crippen molar-refractivity contribution in [2.75, 3.05) is 6.61 Å². The monoisotopic (exact) mass is 268 g/mol. The maximum atomic E-state index is 12.7. The number of hydrogen-bond donors (Lipinski definition) is 1. The maximum absolute atomic E-state index is 12.7. The maximum Gasteiger partial charge on any atom is 0.447 e. The Labute approximate surface area is 108 Å². The number of benzene rings is 1. The average Bonchev–Trinajstić information content (AvgIpc) is 2.73. The van der Waals surface area contributed by atoms with Crippen LogP contribution in [-0.2, 0) is 4.74 Å². The van der Waals surface area contributed by atoms with Gasteiger partial charge >= 0.3 is 6.18 Å². The second-order valence-corrected chi connectivity index (χ2v) is 4.05. The molecule has 0 spiro atoms. The van der Waals surface area contributed by atoms with Crippen molar-refractivity contribution in [2.45, 2.75) is 18.4 Å². The van der Waals surface area contributed by atoms with E-state index in [4.69, 9.17) is 0 Å². The molecule has 2 rings (SSSR count). The second kappa shape index (κ2) is 5.08. The third-order valence-corrected chi connectivity index (χ3v) is 2.74. The molecule has 1 aliphatic heterocycles. The number of hydrogen-bond acceptors (Lipinski definition) is 2. The molecule has 1 aromatic carbocycles. The molecule has 1 heterocycles. The van der Waals surface area contributed by atoms with Crippen LogP contribution in [-0.4, -0.2) is 23.7 Å². The highest BCUT2D eigenvalue weighted by molar-refractivity contribution is 5.38. The van der Waals surface area contributed by atoms with Gasteiger partial charge in [0.25, 0.3) is 5.79 Å². The first-order valence-corrected chi connectivity index (χ1v) is 5.62. The van der Waals surface area contributed by atoms with E-state index in [1.54, 1.807) is 24.3 Å². The molecule has 0 aliphatic carbocycles. The van der Waals surface area contributed by atoms with Gasteiger partial charge in [-0.15, -0.1) is 0 Å². The summed E-state index contributed by atoms with van der Waals surface area (Å²) in [7, 11) is 0. The Morgan fingerprint density at radius 2 is 1.95 bits per heavy atom. The largest absolute Gasteiger partial charge is 0.447 e. The zero-order chi connectivity index (χ0) is 13.9. The molecule has 0 aromatic heterocycles. The van der Waals surface area contributed by atoms with Crippen molar-refractivity contribution in [1.29, 1.82) is 0 Å². The summed E-state index contributed by atoms with van der Waals surface area (Å²) in [4.78, 5) is 0. The lowest BCUT2D eigenvalue weighted by molar-refractivity contribution is -0.332. The standard InChI is InChI=1S/C14H11F3O2/c15-14(16,17)13(18)12(9-10-19-13)8-4-7-11-5-2-1-3-6-11/h1-3,5-6,8,18H,9-10H2/b12-8-. The number of halogens is 3. The smallest absolute Gasteiger partial charge is 0.355 e. The van der Waals surface area contributed by atoms with Crippen molar-refractivity contribution in [3.63, 3.8) is 0 Å². The van der Waals surface area contributed by atoms with E-state index in [1.807, 2.05) is 6.07 Å². The fourth-order valence-corrected chi connectivity index (χ4v) is 1.73. The first-order chi connectivity index (χ1) is 8.93. The lowest BCUT2D eigenvalue weighted by atomic mass is 10.0. The molecular formula is C14H11F3O2. The topological polar surface area (TPSA) is 29.5 Å². The zero-order valence-corrected chi connectivity index (χ0v) is 9.87. The fourth-order valence-electron chi connectivity index (χ4n) is 1.73. The first kappa shape index (κ1) is 13.7. The van der Waals surface area contributed by atoms with E-state index < -0.39 is 12.0 Å². The number of ether oxygens (including phenoxy) is 1. The second-order valence-electron chi connectivity index (χ2n) is 4.05. The van der Waals surface area contributed by atoms with Crippen molar-refractivity contribution in [3.05, 3.63) is 47.5 Å². The van der Waals surface area contributed by atoms with Crippen LogP contribution >= 0.6 is 0 Å². The summed E-state index contributed by atoms with van der Waals surface area (Å²) in [6.45, 7) is -0.172. The van der Waals surface area contributed by atoms with E-state index in [1.165, 1.54) is 0 Å². The van der Waals surface area contributed by atoms with Gasteiger partial charge in [0, 0.05) is 11.1 Å². The molecule has 2 nitrogen and oxygen atoms in total. The van der Waals surface area contributed by atoms with Gasteiger partial charge in [0.15, 0.2) is 0 Å². The first-order valence-electron chi connectivity index (χ1n) is 5.62. The Balaban J connectivity index is 2.23. The Kier molecular flexibility index (Phi) is 3.65. The van der Waals surface area contributed by atoms with Crippen molar-refractivity contribution in [3.8, 4) is 11.8 Å². The summed E-state index contributed by atoms with van der Waals surface area (Å²) in [6, 6.07) is 8.86. The molecule has 5 heteroatoms. The van der Waals surface area contributed by atoms with Gasteiger partial charge in [-0.3, -0.25) is 0 Å². The third kappa shape index (κ3) is 2.80. The molecular weight excluding hydrogens is 257 g/mol. The van der Waals surface area contributed by atoms with Gasteiger partial charge in [0.1, 0.15) is 0 Å². The van der Waals surface area contributed by atoms with Crippen LogP contribution in [0.1, 0.15) is 12.0 Å². The Bertz CT molecular complexity index is 537. The molecule has 0 radical (unpaired) electrons. The molecule has 0 bridgehead atoms. The summed E-state index contributed by atoms with van der Waals surface area (Å²) in [6.07, 6.45) is -3.77. The highest BCUT2D eigenvalue weighted by Crippen LogP contribution is 2.42. The fraction of sp³-hybridized carbons (Fsp3) is 0.286. The SMILES string of the molecule is OC1(C(F)(F)F)OCC/C1=C/C#Cc1ccccc1. The van der Waals surface area contributed by atoms with Crippen molar-refractivity contribution in [1.82, 2.24) is 0 Å². The van der Waals surface area contributed by atoms with E-state index in [2.05, 4.69) is 16.6 Å². The molecule has 0 amide bonds. The quantitative estimate of drug-likeness (QED) is 0.733. The molecule has 100 valence electrons. The normalized spacial score (nSPS) is 25.2. The lowest BCUT2D eigenvalue weighted by Gasteiger charge is -2.25. The van der Waals surface area contributed by atoms with Gasteiger partial charge in [0.2, 0.25) is 0 Å². The summed E-state index contributed by atoms with van der Waals surface area (Å²) < 4.78 is 42.5. The number of alkyl halides is 3. The van der Waals surface area contributed by atoms with Crippen LogP contribution in [0.2, 0.25) is 0 Å². The van der Waals surface area contributed by atoms with Gasteiger partial charge in [-0.1, -0.05) is 30.0 Å². The number of aliphatic hydroxyl groups is 1. The van der Waals surface area contributed by atoms with Crippen LogP contribution in [0.15, 0.2) is 42.0 Å². The van der Waals surface area contributed by atoms with Crippen LogP contribution in [0.4, 0.5) is 13.2 Å². The van der Waals surface area contributed by atoms with E-state index in [0.29, 0.717) is 5.56 Å². The van der Waals surface area contributed by atoms with Crippen LogP contribution < -0.4 is 0 Å². The van der Waals surface area contributed by atoms with Gasteiger partial charge in [-0.25, -0.2) is 0 Å². The molecule has 1 aliphatic rings. The third-order valence-electron chi connectivity index (χ3n) is 2.74. The average molecular weight is 268 g/mol. The summed E-state index contributed by atoms with van der Waals surface area (Å²) >= 11 is 0. The zero-order valence-electron chi connectivity index (χ0n) is 9.87. The highest BCUT2D eigenvalue weighted by Gasteiger charge is 2.60. The Morgan fingerprint density at radius 1 is 1.26 bits per heavy atom. The summed E-state index contributed by atoms with van der Waals surface area (Å²) in [5, 5.41) is 9.50. The van der Waals surface area contributed by atoms with Gasteiger partial charge in [-0.05, 0) is 24.6 Å². The lowest BCUT2D eigenvalue weighted by Crippen LogP contribution is -2.45. The molecule has 19 heavy (non-hydrogen) atoms. The van der Waals surface area contributed by atoms with Gasteiger partial charge in [-0.2, -0.15) is 13.2 Å². The minimum absolute atomic E-state index is 0.0134. The van der Waals surface area contributed by atoms with Crippen LogP contribution in [0.25, 0.3) is 0 Å². The predicted molar refractivity (Wildman–Crippen MR) is 63.0 cm³/mol. The molecule has 1 saturated heterocycles. The highest BCUT2D eigenvalue weighted by atomic mass is 19.4. The van der Waals surface area contributed by atoms with Crippen molar-refractivity contribution < 1.29 is 23.0 Å². The van der Waals surface area contributed by atoms with Gasteiger partial charge < -0.3 is 9.84 Å². The number of rotatable bonds is 0. The molecule has 1 unspecified atom stereocenters. The molecule has 1 fully saturated rings. The van der Waals surface area contributed by atoms with Crippen LogP contribution in [0.5, 0.6) is 0 Å². The van der Waals surface area contributed by atoms with Gasteiger partial charge in [0.05, 0.1) is 6.61 Å². The van der Waals surface area contributed by atoms with Crippen molar-refractivity contribution in [2.24, 2.45) is 0 Å². The van der Waals surface area contributed by atoms with E-state index >= 15 is 0 Å². The predicted octanol–water partition coefficient (Wildman–Crippen LogP) is 2.64. The van der Waals surface area contributed by atoms with Crippen LogP contribution in [0.3, 0.4) is 0 Å². The molecule has 1 N–H and O–H groups in total. The van der Waals surface area contributed by atoms with Crippen LogP contribution in [0, 0.1) is 11.8 Å². The van der Waals surface area contributed by atoms with E-state index in [9.17, 15) is 18.3 Å². The van der Waals surface area contributed by atoms with Crippen molar-refractivity contribution >= 4 is 0 Å².